The lowest BCUT2D eigenvalue weighted by Gasteiger charge is -2.18. The van der Waals surface area contributed by atoms with E-state index in [1.165, 1.54) is 21.5 Å². The SMILES string of the molecule is c1ccc(-c2nc3c(-n4c5ccccc5c5ccccc54)ccc(-n4c5ccccc5c5ccccc54)c3nc2-c2ccccc2)cc1. The lowest BCUT2D eigenvalue weighted by molar-refractivity contribution is 1.14. The molecule has 0 bridgehead atoms. The molecule has 0 spiro atoms. The highest BCUT2D eigenvalue weighted by atomic mass is 15.0. The average Bonchev–Trinajstić information content (AvgIpc) is 3.68. The minimum Gasteiger partial charge on any atom is -0.307 e. The van der Waals surface area contributed by atoms with Gasteiger partial charge in [-0.2, -0.15) is 0 Å². The molecule has 3 heterocycles. The first kappa shape index (κ1) is 26.7. The maximum atomic E-state index is 5.63. The standard InChI is InChI=1S/C44H28N4/c1-3-15-29(16-4-1)41-42(30-17-5-2-6-18-30)46-44-40(48-37-25-13-9-21-33(37)34-22-10-14-26-38(34)48)28-27-39(43(44)45-41)47-35-23-11-7-19-31(35)32-20-8-12-24-36(32)47/h1-28H. The van der Waals surface area contributed by atoms with Crippen LogP contribution < -0.4 is 0 Å². The smallest absolute Gasteiger partial charge is 0.116 e. The normalized spacial score (nSPS) is 11.8. The van der Waals surface area contributed by atoms with Crippen molar-refractivity contribution in [1.82, 2.24) is 19.1 Å². The molecule has 0 unspecified atom stereocenters. The summed E-state index contributed by atoms with van der Waals surface area (Å²) in [5.74, 6) is 0. The van der Waals surface area contributed by atoms with Gasteiger partial charge in [0.25, 0.3) is 0 Å². The Morgan fingerprint density at radius 1 is 0.292 bits per heavy atom. The number of benzene rings is 7. The highest BCUT2D eigenvalue weighted by molar-refractivity contribution is 6.12. The zero-order valence-corrected chi connectivity index (χ0v) is 26.0. The maximum absolute atomic E-state index is 5.63. The van der Waals surface area contributed by atoms with Gasteiger partial charge in [0.2, 0.25) is 0 Å². The Balaban J connectivity index is 1.40. The van der Waals surface area contributed by atoms with Crippen LogP contribution in [0.2, 0.25) is 0 Å². The second kappa shape index (κ2) is 10.5. The number of para-hydroxylation sites is 4. The summed E-state index contributed by atoms with van der Waals surface area (Å²) >= 11 is 0. The van der Waals surface area contributed by atoms with Crippen molar-refractivity contribution in [2.45, 2.75) is 0 Å². The van der Waals surface area contributed by atoms with Gasteiger partial charge in [0.05, 0.1) is 44.8 Å². The van der Waals surface area contributed by atoms with Crippen molar-refractivity contribution in [1.29, 1.82) is 0 Å². The average molecular weight is 613 g/mol. The summed E-state index contributed by atoms with van der Waals surface area (Å²) in [6, 6.07) is 59.8. The van der Waals surface area contributed by atoms with Crippen LogP contribution in [-0.4, -0.2) is 19.1 Å². The molecule has 0 aliphatic rings. The van der Waals surface area contributed by atoms with E-state index in [9.17, 15) is 0 Å². The van der Waals surface area contributed by atoms with Gasteiger partial charge >= 0.3 is 0 Å². The van der Waals surface area contributed by atoms with Gasteiger partial charge in [0.15, 0.2) is 0 Å². The van der Waals surface area contributed by atoms with Crippen LogP contribution in [0.4, 0.5) is 0 Å². The van der Waals surface area contributed by atoms with E-state index in [4.69, 9.17) is 9.97 Å². The monoisotopic (exact) mass is 612 g/mol. The molecular formula is C44H28N4. The lowest BCUT2D eigenvalue weighted by atomic mass is 10.0. The molecular weight excluding hydrogens is 585 g/mol. The number of nitrogens with zero attached hydrogens (tertiary/aromatic N) is 4. The molecule has 0 aliphatic carbocycles. The van der Waals surface area contributed by atoms with Crippen LogP contribution in [0.1, 0.15) is 0 Å². The van der Waals surface area contributed by atoms with E-state index >= 15 is 0 Å². The third kappa shape index (κ3) is 3.90. The predicted octanol–water partition coefficient (Wildman–Crippen LogP) is 11.2. The zero-order chi connectivity index (χ0) is 31.6. The second-order valence-corrected chi connectivity index (χ2v) is 12.2. The van der Waals surface area contributed by atoms with Gasteiger partial charge in [-0.3, -0.25) is 0 Å². The van der Waals surface area contributed by atoms with E-state index in [1.54, 1.807) is 0 Å². The zero-order valence-electron chi connectivity index (χ0n) is 26.0. The molecule has 10 rings (SSSR count). The van der Waals surface area contributed by atoms with E-state index in [1.807, 2.05) is 12.1 Å². The molecule has 48 heavy (non-hydrogen) atoms. The third-order valence-electron chi connectivity index (χ3n) is 9.52. The molecule has 4 nitrogen and oxygen atoms in total. The van der Waals surface area contributed by atoms with E-state index < -0.39 is 0 Å². The predicted molar refractivity (Wildman–Crippen MR) is 199 cm³/mol. The van der Waals surface area contributed by atoms with Crippen molar-refractivity contribution in [2.75, 3.05) is 0 Å². The Labute approximate surface area is 276 Å². The Morgan fingerprint density at radius 2 is 0.583 bits per heavy atom. The van der Waals surface area contributed by atoms with Gasteiger partial charge < -0.3 is 9.13 Å². The molecule has 0 saturated carbocycles. The molecule has 0 amide bonds. The number of fused-ring (bicyclic) bond motifs is 7. The quantitative estimate of drug-likeness (QED) is 0.198. The van der Waals surface area contributed by atoms with Gasteiger partial charge in [0, 0.05) is 32.7 Å². The molecule has 0 fully saturated rings. The van der Waals surface area contributed by atoms with E-state index in [0.29, 0.717) is 0 Å². The number of rotatable bonds is 4. The minimum absolute atomic E-state index is 0.847. The number of hydrogen-bond donors (Lipinski definition) is 0. The molecule has 0 saturated heterocycles. The Morgan fingerprint density at radius 3 is 0.917 bits per heavy atom. The van der Waals surface area contributed by atoms with Crippen molar-refractivity contribution in [3.05, 3.63) is 170 Å². The molecule has 7 aromatic carbocycles. The maximum Gasteiger partial charge on any atom is 0.116 e. The van der Waals surface area contributed by atoms with Crippen molar-refractivity contribution in [2.24, 2.45) is 0 Å². The highest BCUT2D eigenvalue weighted by Crippen LogP contribution is 2.40. The van der Waals surface area contributed by atoms with E-state index in [0.717, 1.165) is 67.0 Å². The van der Waals surface area contributed by atoms with Crippen LogP contribution in [0.25, 0.3) is 88.5 Å². The topological polar surface area (TPSA) is 35.6 Å². The van der Waals surface area contributed by atoms with Crippen LogP contribution in [0.5, 0.6) is 0 Å². The second-order valence-electron chi connectivity index (χ2n) is 12.2. The van der Waals surface area contributed by atoms with Crippen molar-refractivity contribution in [3.8, 4) is 33.9 Å². The molecule has 4 heteroatoms. The summed E-state index contributed by atoms with van der Waals surface area (Å²) in [7, 11) is 0. The summed E-state index contributed by atoms with van der Waals surface area (Å²) in [5.41, 5.74) is 12.0. The van der Waals surface area contributed by atoms with Crippen molar-refractivity contribution in [3.63, 3.8) is 0 Å². The van der Waals surface area contributed by atoms with Gasteiger partial charge in [-0.1, -0.05) is 133 Å². The van der Waals surface area contributed by atoms with Gasteiger partial charge in [-0.05, 0) is 36.4 Å². The molecule has 0 aliphatic heterocycles. The van der Waals surface area contributed by atoms with Crippen LogP contribution in [0.15, 0.2) is 170 Å². The summed E-state index contributed by atoms with van der Waals surface area (Å²) in [6.07, 6.45) is 0. The van der Waals surface area contributed by atoms with Crippen molar-refractivity contribution >= 4 is 54.6 Å². The molecule has 0 radical (unpaired) electrons. The fraction of sp³-hybridized carbons (Fsp3) is 0. The molecule has 0 N–H and O–H groups in total. The Bertz CT molecular complexity index is 2530. The third-order valence-corrected chi connectivity index (χ3v) is 9.52. The van der Waals surface area contributed by atoms with Crippen molar-refractivity contribution < 1.29 is 0 Å². The fourth-order valence-corrected chi connectivity index (χ4v) is 7.43. The highest BCUT2D eigenvalue weighted by Gasteiger charge is 2.23. The summed E-state index contributed by atoms with van der Waals surface area (Å²) in [6.45, 7) is 0. The summed E-state index contributed by atoms with van der Waals surface area (Å²) < 4.78 is 4.71. The van der Waals surface area contributed by atoms with Gasteiger partial charge in [-0.25, -0.2) is 9.97 Å². The summed E-state index contributed by atoms with van der Waals surface area (Å²) in [4.78, 5) is 11.3. The summed E-state index contributed by atoms with van der Waals surface area (Å²) in [5, 5.41) is 4.85. The molecule has 10 aromatic rings. The molecule has 3 aromatic heterocycles. The van der Waals surface area contributed by atoms with Crippen LogP contribution >= 0.6 is 0 Å². The molecule has 224 valence electrons. The first-order valence-corrected chi connectivity index (χ1v) is 16.3. The van der Waals surface area contributed by atoms with Crippen LogP contribution in [0, 0.1) is 0 Å². The lowest BCUT2D eigenvalue weighted by Crippen LogP contribution is -2.05. The first-order chi connectivity index (χ1) is 23.8. The minimum atomic E-state index is 0.847. The number of aromatic nitrogens is 4. The number of hydrogen-bond acceptors (Lipinski definition) is 2. The van der Waals surface area contributed by atoms with E-state index in [2.05, 4.69) is 167 Å². The largest absolute Gasteiger partial charge is 0.307 e. The molecule has 0 atom stereocenters. The first-order valence-electron chi connectivity index (χ1n) is 16.3. The fourth-order valence-electron chi connectivity index (χ4n) is 7.43. The van der Waals surface area contributed by atoms with Gasteiger partial charge in [-0.15, -0.1) is 0 Å². The van der Waals surface area contributed by atoms with E-state index in [-0.39, 0.29) is 0 Å². The van der Waals surface area contributed by atoms with Crippen LogP contribution in [-0.2, 0) is 0 Å². The Kier molecular flexibility index (Phi) is 5.84. The Hall–Kier alpha value is -6.52. The van der Waals surface area contributed by atoms with Gasteiger partial charge in [0.1, 0.15) is 11.0 Å². The van der Waals surface area contributed by atoms with Crippen LogP contribution in [0.3, 0.4) is 0 Å².